The second-order valence-electron chi connectivity index (χ2n) is 4.76. The van der Waals surface area contributed by atoms with Crippen molar-refractivity contribution < 1.29 is 14.6 Å². The number of hydrogen-bond donors (Lipinski definition) is 2. The molecule has 0 unspecified atom stereocenters. The van der Waals surface area contributed by atoms with E-state index in [0.717, 1.165) is 5.56 Å². The van der Waals surface area contributed by atoms with Crippen molar-refractivity contribution in [3.05, 3.63) is 47.6 Å². The number of nitrogens with zero attached hydrogens (tertiary/aromatic N) is 1. The van der Waals surface area contributed by atoms with E-state index in [4.69, 9.17) is 15.2 Å². The molecule has 2 aliphatic rings. The highest BCUT2D eigenvalue weighted by Crippen LogP contribution is 2.33. The van der Waals surface area contributed by atoms with Crippen molar-refractivity contribution in [3.63, 3.8) is 0 Å². The molecular weight excluding hydrogens is 256 g/mol. The summed E-state index contributed by atoms with van der Waals surface area (Å²) in [6, 6.07) is 4.97. The second-order valence-corrected chi connectivity index (χ2v) is 4.76. The zero-order valence-electron chi connectivity index (χ0n) is 11.0. The smallest absolute Gasteiger partial charge is 0.161 e. The van der Waals surface area contributed by atoms with Gasteiger partial charge in [-0.2, -0.15) is 0 Å². The first-order valence-corrected chi connectivity index (χ1v) is 6.51. The number of ether oxygens (including phenoxy) is 2. The summed E-state index contributed by atoms with van der Waals surface area (Å²) in [6.07, 6.45) is 2.72. The van der Waals surface area contributed by atoms with Gasteiger partial charge in [0, 0.05) is 6.54 Å². The fourth-order valence-corrected chi connectivity index (χ4v) is 2.22. The minimum Gasteiger partial charge on any atom is -0.486 e. The van der Waals surface area contributed by atoms with Gasteiger partial charge < -0.3 is 25.2 Å². The van der Waals surface area contributed by atoms with Gasteiger partial charge in [-0.15, -0.1) is 0 Å². The summed E-state index contributed by atoms with van der Waals surface area (Å²) in [6.45, 7) is 1.57. The first-order chi connectivity index (χ1) is 9.74. The maximum absolute atomic E-state index is 10.3. The third-order valence-electron chi connectivity index (χ3n) is 3.28. The number of aliphatic hydroxyl groups is 1. The van der Waals surface area contributed by atoms with Crippen LogP contribution in [0.5, 0.6) is 11.5 Å². The number of benzene rings is 1. The third-order valence-corrected chi connectivity index (χ3v) is 3.28. The first kappa shape index (κ1) is 12.9. The molecule has 1 aromatic rings. The molecule has 3 rings (SSSR count). The molecule has 0 radical (unpaired) electrons. The van der Waals surface area contributed by atoms with Crippen LogP contribution in [-0.2, 0) is 0 Å². The molecule has 0 aliphatic carbocycles. The number of nitrogens with two attached hydrogens (primary N) is 1. The SMILES string of the molecule is N[C@H](CN1C=C=C=C1)[C@H](O)c1ccc2c(c1)OCCO2. The molecule has 1 aromatic carbocycles. The molecule has 5 nitrogen and oxygen atoms in total. The van der Waals surface area contributed by atoms with E-state index >= 15 is 0 Å². The van der Waals surface area contributed by atoms with Crippen molar-refractivity contribution in [2.45, 2.75) is 12.1 Å². The monoisotopic (exact) mass is 272 g/mol. The predicted molar refractivity (Wildman–Crippen MR) is 73.2 cm³/mol. The Morgan fingerprint density at radius 1 is 1.20 bits per heavy atom. The van der Waals surface area contributed by atoms with Gasteiger partial charge in [0.2, 0.25) is 0 Å². The van der Waals surface area contributed by atoms with Gasteiger partial charge in [0.15, 0.2) is 11.5 Å². The maximum atomic E-state index is 10.3. The topological polar surface area (TPSA) is 68.0 Å². The maximum Gasteiger partial charge on any atom is 0.161 e. The molecule has 2 heterocycles. The Balaban J connectivity index is 1.71. The largest absolute Gasteiger partial charge is 0.486 e. The zero-order chi connectivity index (χ0) is 13.9. The lowest BCUT2D eigenvalue weighted by atomic mass is 10.0. The molecule has 5 heteroatoms. The van der Waals surface area contributed by atoms with Crippen molar-refractivity contribution in [1.82, 2.24) is 4.90 Å². The highest BCUT2D eigenvalue weighted by Gasteiger charge is 2.21. The molecule has 2 atom stereocenters. The number of fused-ring (bicyclic) bond motifs is 1. The molecule has 0 bridgehead atoms. The van der Waals surface area contributed by atoms with Crippen molar-refractivity contribution >= 4 is 0 Å². The Morgan fingerprint density at radius 2 is 1.90 bits per heavy atom. The highest BCUT2D eigenvalue weighted by molar-refractivity contribution is 5.44. The van der Waals surface area contributed by atoms with Gasteiger partial charge in [0.05, 0.1) is 24.5 Å². The van der Waals surface area contributed by atoms with Gasteiger partial charge in [-0.3, -0.25) is 0 Å². The van der Waals surface area contributed by atoms with Crippen LogP contribution in [0.2, 0.25) is 0 Å². The van der Waals surface area contributed by atoms with Gasteiger partial charge in [-0.05, 0) is 17.7 Å². The van der Waals surface area contributed by atoms with Crippen LogP contribution in [0, 0.1) is 0 Å². The van der Waals surface area contributed by atoms with E-state index in [0.29, 0.717) is 31.3 Å². The normalized spacial score (nSPS) is 18.4. The van der Waals surface area contributed by atoms with E-state index in [1.165, 1.54) is 0 Å². The lowest BCUT2D eigenvalue weighted by Gasteiger charge is -2.24. The van der Waals surface area contributed by atoms with Crippen LogP contribution < -0.4 is 15.2 Å². The van der Waals surface area contributed by atoms with Gasteiger partial charge in [-0.1, -0.05) is 17.5 Å². The quantitative estimate of drug-likeness (QED) is 0.798. The summed E-state index contributed by atoms with van der Waals surface area (Å²) in [5.41, 5.74) is 12.4. The molecule has 3 N–H and O–H groups in total. The van der Waals surface area contributed by atoms with Crippen molar-refractivity contribution in [1.29, 1.82) is 0 Å². The molecule has 104 valence electrons. The summed E-state index contributed by atoms with van der Waals surface area (Å²) in [4.78, 5) is 1.84. The van der Waals surface area contributed by atoms with Gasteiger partial charge >= 0.3 is 0 Å². The molecular formula is C15H16N2O3. The molecule has 0 spiro atoms. The molecule has 0 amide bonds. The van der Waals surface area contributed by atoms with E-state index in [2.05, 4.69) is 11.5 Å². The van der Waals surface area contributed by atoms with E-state index in [9.17, 15) is 5.11 Å². The lowest BCUT2D eigenvalue weighted by molar-refractivity contribution is 0.134. The molecule has 0 aromatic heterocycles. The molecule has 0 saturated heterocycles. The van der Waals surface area contributed by atoms with Crippen LogP contribution in [0.25, 0.3) is 0 Å². The van der Waals surface area contributed by atoms with E-state index in [1.54, 1.807) is 24.5 Å². The summed E-state index contributed by atoms with van der Waals surface area (Å²) in [7, 11) is 0. The van der Waals surface area contributed by atoms with Crippen LogP contribution in [0.3, 0.4) is 0 Å². The minimum absolute atomic E-state index is 0.424. The van der Waals surface area contributed by atoms with Crippen molar-refractivity contribution in [3.8, 4) is 11.5 Å². The van der Waals surface area contributed by atoms with E-state index < -0.39 is 12.1 Å². The summed E-state index contributed by atoms with van der Waals surface area (Å²) in [5.74, 6) is 1.36. The molecule has 0 saturated carbocycles. The zero-order valence-corrected chi connectivity index (χ0v) is 11.0. The highest BCUT2D eigenvalue weighted by atomic mass is 16.6. The van der Waals surface area contributed by atoms with E-state index in [-0.39, 0.29) is 0 Å². The summed E-state index contributed by atoms with van der Waals surface area (Å²) < 4.78 is 11.0. The first-order valence-electron chi connectivity index (χ1n) is 6.51. The standard InChI is InChI=1S/C15H16N2O3/c16-12(10-17-5-1-2-6-17)15(18)11-3-4-13-14(9-11)20-8-7-19-13/h3-6,9,12,15,18H,7-8,10,16H2/t12-,15-/m1/s1. The van der Waals surface area contributed by atoms with Crippen LogP contribution in [0.4, 0.5) is 0 Å². The van der Waals surface area contributed by atoms with Gasteiger partial charge in [0.1, 0.15) is 13.2 Å². The van der Waals surface area contributed by atoms with Crippen LogP contribution in [-0.4, -0.2) is 35.8 Å². The van der Waals surface area contributed by atoms with Crippen LogP contribution in [0.15, 0.2) is 42.1 Å². The van der Waals surface area contributed by atoms with Crippen LogP contribution in [0.1, 0.15) is 11.7 Å². The number of hydrogen-bond acceptors (Lipinski definition) is 5. The fraction of sp³-hybridized carbons (Fsp3) is 0.333. The Kier molecular flexibility index (Phi) is 3.50. The Labute approximate surface area is 117 Å². The fourth-order valence-electron chi connectivity index (χ4n) is 2.22. The van der Waals surface area contributed by atoms with E-state index in [1.807, 2.05) is 11.0 Å². The molecule has 2 aliphatic heterocycles. The predicted octanol–water partition coefficient (Wildman–Crippen LogP) is 0.915. The third kappa shape index (κ3) is 2.57. The molecule has 0 fully saturated rings. The second kappa shape index (κ2) is 5.45. The van der Waals surface area contributed by atoms with Crippen LogP contribution >= 0.6 is 0 Å². The van der Waals surface area contributed by atoms with Gasteiger partial charge in [-0.25, -0.2) is 0 Å². The van der Waals surface area contributed by atoms with Gasteiger partial charge in [0.25, 0.3) is 0 Å². The Morgan fingerprint density at radius 3 is 2.65 bits per heavy atom. The molecule has 20 heavy (non-hydrogen) atoms. The number of rotatable bonds is 4. The summed E-state index contributed by atoms with van der Waals surface area (Å²) in [5, 5.41) is 10.3. The summed E-state index contributed by atoms with van der Waals surface area (Å²) >= 11 is 0. The lowest BCUT2D eigenvalue weighted by Crippen LogP contribution is -2.37. The average molecular weight is 272 g/mol. The Hall–Kier alpha value is -2.16. The Bertz CT molecular complexity index is 585. The average Bonchev–Trinajstić information content (AvgIpc) is 2.99. The van der Waals surface area contributed by atoms with Crippen molar-refractivity contribution in [2.75, 3.05) is 19.8 Å². The van der Waals surface area contributed by atoms with Crippen molar-refractivity contribution in [2.24, 2.45) is 5.73 Å². The number of aliphatic hydroxyl groups excluding tert-OH is 1. The minimum atomic E-state index is -0.770.